The molecule has 1 heterocycles. The number of hydrogen-bond donors (Lipinski definition) is 5. The number of Topliss-reactive ketones (excluding diaryl/α,β-unsaturated/α-hetero) is 1. The molecule has 6 atom stereocenters. The maximum atomic E-state index is 14.2. The van der Waals surface area contributed by atoms with Gasteiger partial charge in [0.05, 0.1) is 18.2 Å². The number of ether oxygens (including phenoxy) is 1. The number of nitrogens with one attached hydrogen (secondary N) is 4. The molecule has 1 saturated heterocycles. The Morgan fingerprint density at radius 2 is 1.58 bits per heavy atom. The van der Waals surface area contributed by atoms with Crippen molar-refractivity contribution in [3.05, 3.63) is 35.9 Å². The minimum Gasteiger partial charge on any atom is -0.444 e. The van der Waals surface area contributed by atoms with Crippen LogP contribution in [0.5, 0.6) is 0 Å². The number of fused-ring (bicyclic) bond motifs is 1. The lowest BCUT2D eigenvalue weighted by molar-refractivity contribution is -0.147. The van der Waals surface area contributed by atoms with E-state index >= 15 is 0 Å². The van der Waals surface area contributed by atoms with E-state index in [0.29, 0.717) is 5.56 Å². The largest absolute Gasteiger partial charge is 0.444 e. The summed E-state index contributed by atoms with van der Waals surface area (Å²) in [5, 5.41) is 21.2. The fourth-order valence-corrected chi connectivity index (χ4v) is 7.30. The van der Waals surface area contributed by atoms with Crippen molar-refractivity contribution in [2.45, 2.75) is 110 Å². The van der Waals surface area contributed by atoms with Gasteiger partial charge in [0.15, 0.2) is 0 Å². The first kappa shape index (κ1) is 41.2. The number of alkyl carbamates (subject to hydrolysis) is 1. The Balaban J connectivity index is 1.48. The zero-order valence-corrected chi connectivity index (χ0v) is 32.3. The molecular weight excluding hydrogens is 684 g/mol. The molecule has 2 aliphatic carbocycles. The van der Waals surface area contributed by atoms with Crippen LogP contribution in [0.1, 0.15) is 85.8 Å². The summed E-state index contributed by atoms with van der Waals surface area (Å²) >= 11 is 0. The van der Waals surface area contributed by atoms with Crippen molar-refractivity contribution in [1.29, 1.82) is 0 Å². The summed E-state index contributed by atoms with van der Waals surface area (Å²) in [5.41, 5.74) is -2.36. The SMILES string of the molecule is CN(C)C(=O)C(NC(=O)CNC(=O)C(=O)C(CC1CCC1)NC(=O)C1[C@@H]2[C@H](CN1C(=O)C(NC(=O)OC(C)(C)C)C(C)(C)O)C2(C)C)c1ccccc1. The van der Waals surface area contributed by atoms with E-state index in [1.807, 2.05) is 13.8 Å². The van der Waals surface area contributed by atoms with Gasteiger partial charge in [0.25, 0.3) is 5.91 Å². The van der Waals surface area contributed by atoms with Crippen LogP contribution in [0.4, 0.5) is 4.79 Å². The number of rotatable bonds is 14. The van der Waals surface area contributed by atoms with E-state index in [1.54, 1.807) is 65.2 Å². The van der Waals surface area contributed by atoms with E-state index in [-0.39, 0.29) is 42.0 Å². The Morgan fingerprint density at radius 1 is 0.962 bits per heavy atom. The standard InChI is InChI=1S/C38H56N6O9/c1-36(2,3)53-35(51)42-30(38(6,7)52)34(50)44-20-23-26(37(23,4)5)28(44)31(47)40-24(18-21-14-13-15-21)29(46)32(48)39-19-25(45)41-27(33(49)43(8)9)22-16-11-10-12-17-22/h10-12,16-17,21,23-24,26-28,30,52H,13-15,18-20H2,1-9H3,(H,39,48)(H,40,47)(H,41,45)(H,42,51)/t23-,24?,26-,27?,28?,30?/m0/s1. The van der Waals surface area contributed by atoms with Crippen LogP contribution in [0, 0.1) is 23.2 Å². The predicted molar refractivity (Wildman–Crippen MR) is 194 cm³/mol. The van der Waals surface area contributed by atoms with Crippen molar-refractivity contribution in [2.75, 3.05) is 27.2 Å². The van der Waals surface area contributed by atoms with Crippen LogP contribution in [0.3, 0.4) is 0 Å². The number of likely N-dealkylation sites (tertiary alicyclic amines) is 1. The van der Waals surface area contributed by atoms with Gasteiger partial charge in [0, 0.05) is 20.6 Å². The van der Waals surface area contributed by atoms with E-state index in [9.17, 15) is 38.7 Å². The number of piperidine rings is 1. The number of hydrogen-bond acceptors (Lipinski definition) is 9. The molecule has 0 aromatic heterocycles. The fraction of sp³-hybridized carbons (Fsp3) is 0.658. The fourth-order valence-electron chi connectivity index (χ4n) is 7.30. The highest BCUT2D eigenvalue weighted by Gasteiger charge is 2.70. The molecule has 5 N–H and O–H groups in total. The van der Waals surface area contributed by atoms with Gasteiger partial charge in [-0.1, -0.05) is 63.4 Å². The lowest BCUT2D eigenvalue weighted by Gasteiger charge is -2.37. The molecule has 3 fully saturated rings. The quantitative estimate of drug-likeness (QED) is 0.175. The number of likely N-dealkylation sites (N-methyl/N-ethyl adjacent to an activating group) is 1. The zero-order valence-electron chi connectivity index (χ0n) is 32.3. The maximum absolute atomic E-state index is 14.2. The molecule has 292 valence electrons. The van der Waals surface area contributed by atoms with Gasteiger partial charge in [0.1, 0.15) is 23.7 Å². The highest BCUT2D eigenvalue weighted by molar-refractivity contribution is 6.38. The zero-order chi connectivity index (χ0) is 39.6. The Morgan fingerprint density at radius 3 is 2.11 bits per heavy atom. The van der Waals surface area contributed by atoms with E-state index in [1.165, 1.54) is 23.6 Å². The number of ketones is 1. The minimum atomic E-state index is -1.73. The first-order chi connectivity index (χ1) is 24.5. The Hall–Kier alpha value is -4.53. The highest BCUT2D eigenvalue weighted by Crippen LogP contribution is 2.65. The molecule has 1 aromatic rings. The molecule has 6 amide bonds. The Labute approximate surface area is 311 Å². The lowest BCUT2D eigenvalue weighted by Crippen LogP contribution is -2.63. The average Bonchev–Trinajstić information content (AvgIpc) is 3.35. The maximum Gasteiger partial charge on any atom is 0.408 e. The topological polar surface area (TPSA) is 204 Å². The average molecular weight is 741 g/mol. The van der Waals surface area contributed by atoms with Crippen molar-refractivity contribution in [3.8, 4) is 0 Å². The molecule has 4 rings (SSSR count). The van der Waals surface area contributed by atoms with E-state index in [4.69, 9.17) is 4.74 Å². The predicted octanol–water partition coefficient (Wildman–Crippen LogP) is 1.44. The first-order valence-electron chi connectivity index (χ1n) is 18.2. The van der Waals surface area contributed by atoms with Crippen LogP contribution in [0.25, 0.3) is 0 Å². The van der Waals surface area contributed by atoms with Crippen LogP contribution >= 0.6 is 0 Å². The molecule has 15 heteroatoms. The monoisotopic (exact) mass is 740 g/mol. The van der Waals surface area contributed by atoms with E-state index < -0.39 is 77.4 Å². The number of carbonyl (C=O) groups is 7. The third kappa shape index (κ3) is 9.92. The normalized spacial score (nSPS) is 22.2. The summed E-state index contributed by atoms with van der Waals surface area (Å²) in [6, 6.07) is 3.87. The summed E-state index contributed by atoms with van der Waals surface area (Å²) < 4.78 is 5.33. The van der Waals surface area contributed by atoms with Crippen molar-refractivity contribution < 1.29 is 43.4 Å². The Kier molecular flexibility index (Phi) is 12.3. The van der Waals surface area contributed by atoms with Gasteiger partial charge in [-0.2, -0.15) is 0 Å². The van der Waals surface area contributed by atoms with Crippen molar-refractivity contribution in [3.63, 3.8) is 0 Å². The van der Waals surface area contributed by atoms with Crippen LogP contribution in [-0.4, -0.2) is 113 Å². The second-order valence-corrected chi connectivity index (χ2v) is 16.9. The second kappa shape index (κ2) is 15.8. The van der Waals surface area contributed by atoms with Crippen LogP contribution in [0.15, 0.2) is 30.3 Å². The molecule has 1 aromatic carbocycles. The summed E-state index contributed by atoms with van der Waals surface area (Å²) in [4.78, 5) is 96.2. The molecule has 0 bridgehead atoms. The minimum absolute atomic E-state index is 0.0483. The molecule has 0 radical (unpaired) electrons. The molecule has 3 aliphatic rings. The lowest BCUT2D eigenvalue weighted by atomic mass is 9.80. The van der Waals surface area contributed by atoms with Gasteiger partial charge >= 0.3 is 6.09 Å². The first-order valence-corrected chi connectivity index (χ1v) is 18.2. The summed E-state index contributed by atoms with van der Waals surface area (Å²) in [5.74, 6) is -4.63. The molecule has 4 unspecified atom stereocenters. The molecule has 53 heavy (non-hydrogen) atoms. The summed E-state index contributed by atoms with van der Waals surface area (Å²) in [6.45, 7) is 11.3. The highest BCUT2D eigenvalue weighted by atomic mass is 16.6. The van der Waals surface area contributed by atoms with Crippen LogP contribution < -0.4 is 21.3 Å². The van der Waals surface area contributed by atoms with Gasteiger partial charge in [-0.15, -0.1) is 0 Å². The molecule has 0 spiro atoms. The van der Waals surface area contributed by atoms with Crippen molar-refractivity contribution in [1.82, 2.24) is 31.1 Å². The van der Waals surface area contributed by atoms with Crippen molar-refractivity contribution >= 4 is 41.4 Å². The number of aliphatic hydroxyl groups is 1. The number of benzene rings is 1. The van der Waals surface area contributed by atoms with Gasteiger partial charge in [-0.25, -0.2) is 4.79 Å². The van der Waals surface area contributed by atoms with Gasteiger partial charge in [0.2, 0.25) is 29.4 Å². The third-order valence-corrected chi connectivity index (χ3v) is 10.6. The second-order valence-electron chi connectivity index (χ2n) is 16.9. The number of amides is 6. The number of nitrogens with zero attached hydrogens (tertiary/aromatic N) is 2. The molecular formula is C38H56N6O9. The molecule has 2 saturated carbocycles. The van der Waals surface area contributed by atoms with Gasteiger partial charge in [-0.05, 0) is 69.8 Å². The van der Waals surface area contributed by atoms with Gasteiger partial charge in [-0.3, -0.25) is 28.8 Å². The third-order valence-electron chi connectivity index (χ3n) is 10.6. The van der Waals surface area contributed by atoms with Crippen LogP contribution in [0.2, 0.25) is 0 Å². The molecule has 15 nitrogen and oxygen atoms in total. The summed E-state index contributed by atoms with van der Waals surface area (Å²) in [7, 11) is 3.11. The van der Waals surface area contributed by atoms with Gasteiger partial charge < -0.3 is 40.9 Å². The summed E-state index contributed by atoms with van der Waals surface area (Å²) in [6.07, 6.45) is 1.88. The van der Waals surface area contributed by atoms with Crippen LogP contribution in [-0.2, 0) is 33.5 Å². The molecule has 1 aliphatic heterocycles. The van der Waals surface area contributed by atoms with Crippen molar-refractivity contribution in [2.24, 2.45) is 23.2 Å². The van der Waals surface area contributed by atoms with E-state index in [2.05, 4.69) is 21.3 Å². The number of carbonyl (C=O) groups excluding carboxylic acids is 7. The van der Waals surface area contributed by atoms with E-state index in [0.717, 1.165) is 19.3 Å². The smallest absolute Gasteiger partial charge is 0.408 e. The Bertz CT molecular complexity index is 1580.